The largest absolute Gasteiger partial charge is 0.352 e. The maximum absolute atomic E-state index is 13.8. The maximum atomic E-state index is 13.8. The molecule has 2 aromatic carbocycles. The van der Waals surface area contributed by atoms with Crippen molar-refractivity contribution < 1.29 is 13.6 Å². The van der Waals surface area contributed by atoms with Gasteiger partial charge in [-0.15, -0.1) is 0 Å². The lowest BCUT2D eigenvalue weighted by Crippen LogP contribution is -2.13. The molecule has 0 radical (unpaired) electrons. The van der Waals surface area contributed by atoms with Crippen LogP contribution in [0.25, 0.3) is 0 Å². The number of pyridine rings is 1. The van der Waals surface area contributed by atoms with Crippen LogP contribution in [0.3, 0.4) is 0 Å². The molecule has 0 spiro atoms. The maximum Gasteiger partial charge on any atom is 0.257 e. The van der Waals surface area contributed by atoms with Crippen LogP contribution in [0.2, 0.25) is 0 Å². The van der Waals surface area contributed by atoms with Gasteiger partial charge in [-0.25, -0.2) is 8.78 Å². The van der Waals surface area contributed by atoms with Crippen LogP contribution >= 0.6 is 0 Å². The predicted molar refractivity (Wildman–Crippen MR) is 97.7 cm³/mol. The molecule has 4 nitrogen and oxygen atoms in total. The highest BCUT2D eigenvalue weighted by molar-refractivity contribution is 6.05. The fraction of sp³-hybridized carbons (Fsp3) is 0.100. The zero-order valence-electron chi connectivity index (χ0n) is 14.3. The normalized spacial score (nSPS) is 10.5. The summed E-state index contributed by atoms with van der Waals surface area (Å²) in [7, 11) is 0. The van der Waals surface area contributed by atoms with Gasteiger partial charge in [-0.3, -0.25) is 9.78 Å². The van der Waals surface area contributed by atoms with E-state index in [1.54, 1.807) is 6.07 Å². The monoisotopic (exact) mass is 353 g/mol. The molecule has 132 valence electrons. The van der Waals surface area contributed by atoms with E-state index in [0.29, 0.717) is 11.3 Å². The first-order chi connectivity index (χ1) is 12.4. The molecule has 1 heterocycles. The molecule has 0 bridgehead atoms. The number of aromatic nitrogens is 1. The summed E-state index contributed by atoms with van der Waals surface area (Å²) in [5.41, 5.74) is 3.61. The minimum atomic E-state index is -0.727. The lowest BCUT2D eigenvalue weighted by molar-refractivity contribution is 0.102. The average molecular weight is 353 g/mol. The summed E-state index contributed by atoms with van der Waals surface area (Å²) in [6, 6.07) is 10.4. The molecule has 26 heavy (non-hydrogen) atoms. The number of amides is 1. The molecular formula is C20H17F2N3O. The van der Waals surface area contributed by atoms with Crippen molar-refractivity contribution in [2.45, 2.75) is 13.8 Å². The van der Waals surface area contributed by atoms with Gasteiger partial charge in [0.05, 0.1) is 23.1 Å². The van der Waals surface area contributed by atoms with Gasteiger partial charge in [0.1, 0.15) is 11.6 Å². The van der Waals surface area contributed by atoms with Crippen LogP contribution in [0.15, 0.2) is 54.9 Å². The molecule has 1 amide bonds. The fourth-order valence-corrected chi connectivity index (χ4v) is 2.46. The molecular weight excluding hydrogens is 336 g/mol. The van der Waals surface area contributed by atoms with E-state index in [1.165, 1.54) is 18.5 Å². The van der Waals surface area contributed by atoms with Gasteiger partial charge in [-0.05, 0) is 49.2 Å². The first kappa shape index (κ1) is 17.5. The lowest BCUT2D eigenvalue weighted by Gasteiger charge is -2.11. The number of carbonyl (C=O) groups is 1. The second-order valence-corrected chi connectivity index (χ2v) is 5.91. The molecule has 3 aromatic rings. The topological polar surface area (TPSA) is 54.0 Å². The minimum Gasteiger partial charge on any atom is -0.352 e. The van der Waals surface area contributed by atoms with Gasteiger partial charge in [0, 0.05) is 18.0 Å². The number of halogens is 2. The van der Waals surface area contributed by atoms with Gasteiger partial charge in [0.15, 0.2) is 0 Å². The number of rotatable bonds is 4. The number of hydrogen-bond donors (Lipinski definition) is 2. The Bertz CT molecular complexity index is 973. The highest BCUT2D eigenvalue weighted by Crippen LogP contribution is 2.22. The van der Waals surface area contributed by atoms with Gasteiger partial charge in [-0.2, -0.15) is 0 Å². The number of carbonyl (C=O) groups excluding carboxylic acids is 1. The fourth-order valence-electron chi connectivity index (χ4n) is 2.46. The van der Waals surface area contributed by atoms with E-state index in [2.05, 4.69) is 15.6 Å². The molecule has 0 atom stereocenters. The first-order valence-corrected chi connectivity index (χ1v) is 7.99. The Kier molecular flexibility index (Phi) is 4.93. The molecule has 1 aromatic heterocycles. The number of nitrogens with one attached hydrogen (secondary N) is 2. The number of anilines is 3. The van der Waals surface area contributed by atoms with Crippen molar-refractivity contribution in [3.05, 3.63) is 83.2 Å². The molecule has 0 saturated carbocycles. The van der Waals surface area contributed by atoms with Crippen molar-refractivity contribution in [2.75, 3.05) is 10.6 Å². The van der Waals surface area contributed by atoms with E-state index in [0.717, 1.165) is 28.9 Å². The van der Waals surface area contributed by atoms with Crippen molar-refractivity contribution in [1.82, 2.24) is 4.98 Å². The third-order valence-corrected chi connectivity index (χ3v) is 4.06. The van der Waals surface area contributed by atoms with E-state index >= 15 is 0 Å². The summed E-state index contributed by atoms with van der Waals surface area (Å²) in [4.78, 5) is 16.5. The summed E-state index contributed by atoms with van der Waals surface area (Å²) in [6.07, 6.45) is 2.88. The van der Waals surface area contributed by atoms with Crippen LogP contribution in [0.5, 0.6) is 0 Å². The quantitative estimate of drug-likeness (QED) is 0.696. The summed E-state index contributed by atoms with van der Waals surface area (Å²) in [5.74, 6) is -1.71. The third-order valence-electron chi connectivity index (χ3n) is 4.06. The van der Waals surface area contributed by atoms with E-state index < -0.39 is 11.6 Å². The zero-order valence-corrected chi connectivity index (χ0v) is 14.3. The Balaban J connectivity index is 1.80. The van der Waals surface area contributed by atoms with E-state index in [4.69, 9.17) is 0 Å². The standard InChI is InChI=1S/C20H17F2N3O/c1-12-4-3-5-18(13(12)2)25-20(26)14-8-16(11-23-10-14)24-19-7-6-15(21)9-17(19)22/h3-11,24H,1-2H3,(H,25,26). The Morgan fingerprint density at radius 3 is 2.58 bits per heavy atom. The van der Waals surface area contributed by atoms with Crippen LogP contribution < -0.4 is 10.6 Å². The van der Waals surface area contributed by atoms with Crippen LogP contribution in [0.1, 0.15) is 21.5 Å². The molecule has 0 unspecified atom stereocenters. The van der Waals surface area contributed by atoms with Crippen LogP contribution in [-0.4, -0.2) is 10.9 Å². The van der Waals surface area contributed by atoms with Gasteiger partial charge in [-0.1, -0.05) is 12.1 Å². The Morgan fingerprint density at radius 2 is 1.81 bits per heavy atom. The highest BCUT2D eigenvalue weighted by atomic mass is 19.1. The highest BCUT2D eigenvalue weighted by Gasteiger charge is 2.11. The second kappa shape index (κ2) is 7.31. The molecule has 2 N–H and O–H groups in total. The smallest absolute Gasteiger partial charge is 0.257 e. The average Bonchev–Trinajstić information content (AvgIpc) is 2.61. The lowest BCUT2D eigenvalue weighted by atomic mass is 10.1. The summed E-state index contributed by atoms with van der Waals surface area (Å²) < 4.78 is 26.8. The predicted octanol–water partition coefficient (Wildman–Crippen LogP) is 4.97. The molecule has 0 aliphatic rings. The van der Waals surface area contributed by atoms with Gasteiger partial charge >= 0.3 is 0 Å². The Morgan fingerprint density at radius 1 is 1.00 bits per heavy atom. The number of aryl methyl sites for hydroxylation is 1. The van der Waals surface area contributed by atoms with E-state index in [1.807, 2.05) is 32.0 Å². The molecule has 0 aliphatic carbocycles. The Labute approximate surface area is 149 Å². The SMILES string of the molecule is Cc1cccc(NC(=O)c2cncc(Nc3ccc(F)cc3F)c2)c1C. The van der Waals surface area contributed by atoms with Gasteiger partial charge in [0.25, 0.3) is 5.91 Å². The molecule has 6 heteroatoms. The van der Waals surface area contributed by atoms with Crippen LogP contribution in [0, 0.1) is 25.5 Å². The van der Waals surface area contributed by atoms with E-state index in [-0.39, 0.29) is 11.6 Å². The molecule has 0 fully saturated rings. The summed E-state index contributed by atoms with van der Waals surface area (Å²) in [5, 5.41) is 5.64. The molecule has 0 aliphatic heterocycles. The van der Waals surface area contributed by atoms with Crippen molar-refractivity contribution in [3.63, 3.8) is 0 Å². The summed E-state index contributed by atoms with van der Waals surface area (Å²) >= 11 is 0. The van der Waals surface area contributed by atoms with Crippen molar-refractivity contribution in [3.8, 4) is 0 Å². The van der Waals surface area contributed by atoms with Gasteiger partial charge < -0.3 is 10.6 Å². The number of hydrogen-bond acceptors (Lipinski definition) is 3. The number of benzene rings is 2. The van der Waals surface area contributed by atoms with Gasteiger partial charge in [0.2, 0.25) is 0 Å². The minimum absolute atomic E-state index is 0.0975. The van der Waals surface area contributed by atoms with Crippen molar-refractivity contribution in [1.29, 1.82) is 0 Å². The Hall–Kier alpha value is -3.28. The third kappa shape index (κ3) is 3.85. The summed E-state index contributed by atoms with van der Waals surface area (Å²) in [6.45, 7) is 3.90. The first-order valence-electron chi connectivity index (χ1n) is 7.99. The van der Waals surface area contributed by atoms with Crippen molar-refractivity contribution in [2.24, 2.45) is 0 Å². The van der Waals surface area contributed by atoms with Crippen LogP contribution in [-0.2, 0) is 0 Å². The van der Waals surface area contributed by atoms with Crippen molar-refractivity contribution >= 4 is 23.0 Å². The zero-order chi connectivity index (χ0) is 18.7. The number of nitrogens with zero attached hydrogens (tertiary/aromatic N) is 1. The van der Waals surface area contributed by atoms with E-state index in [9.17, 15) is 13.6 Å². The van der Waals surface area contributed by atoms with Crippen LogP contribution in [0.4, 0.5) is 25.8 Å². The second-order valence-electron chi connectivity index (χ2n) is 5.91. The molecule has 0 saturated heterocycles. The molecule has 3 rings (SSSR count).